The van der Waals surface area contributed by atoms with Crippen molar-refractivity contribution in [3.05, 3.63) is 24.9 Å². The van der Waals surface area contributed by atoms with Crippen LogP contribution in [-0.4, -0.2) is 30.2 Å². The largest absolute Gasteiger partial charge is 0.492 e. The topological polar surface area (TPSA) is 99.0 Å². The maximum atomic E-state index is 11.6. The number of nitrogens with two attached hydrogens (primary N) is 1. The van der Waals surface area contributed by atoms with Gasteiger partial charge in [0.1, 0.15) is 6.33 Å². The zero-order valence-corrected chi connectivity index (χ0v) is 7.03. The van der Waals surface area contributed by atoms with E-state index in [1.165, 1.54) is 23.3 Å². The van der Waals surface area contributed by atoms with E-state index >= 15 is 0 Å². The molecule has 72 valence electrons. The predicted octanol–water partition coefficient (Wildman–Crippen LogP) is -0.116. The van der Waals surface area contributed by atoms with E-state index in [-0.39, 0.29) is 11.8 Å². The molecule has 0 unspecified atom stereocenters. The van der Waals surface area contributed by atoms with E-state index in [1.54, 1.807) is 0 Å². The second kappa shape index (κ2) is 2.87. The van der Waals surface area contributed by atoms with Crippen LogP contribution in [-0.2, 0) is 0 Å². The number of aromatic nitrogens is 4. The molecule has 2 heterocycles. The standard InChI is InChI=1S/C7H7N5O2/c8-6-10-5(13)3-12(6)7(14)11-2-1-9-4-11/h1-4,13H,(H2,8,10). The molecular formula is C7H7N5O2. The summed E-state index contributed by atoms with van der Waals surface area (Å²) >= 11 is 0. The Morgan fingerprint density at radius 2 is 2.36 bits per heavy atom. The van der Waals surface area contributed by atoms with Crippen molar-refractivity contribution in [3.8, 4) is 5.88 Å². The van der Waals surface area contributed by atoms with Gasteiger partial charge in [-0.1, -0.05) is 0 Å². The first kappa shape index (κ1) is 8.30. The third-order valence-electron chi connectivity index (χ3n) is 1.65. The summed E-state index contributed by atoms with van der Waals surface area (Å²) in [5, 5.41) is 8.99. The van der Waals surface area contributed by atoms with E-state index < -0.39 is 6.03 Å². The van der Waals surface area contributed by atoms with Crippen LogP contribution in [0.1, 0.15) is 0 Å². The Labute approximate surface area is 78.4 Å². The average Bonchev–Trinajstić information content (AvgIpc) is 2.73. The molecule has 0 atom stereocenters. The van der Waals surface area contributed by atoms with Gasteiger partial charge in [0.15, 0.2) is 0 Å². The number of hydrogen-bond acceptors (Lipinski definition) is 5. The molecule has 2 aromatic rings. The molecule has 0 bridgehead atoms. The highest BCUT2D eigenvalue weighted by Crippen LogP contribution is 2.10. The van der Waals surface area contributed by atoms with Gasteiger partial charge in [0.25, 0.3) is 0 Å². The molecular weight excluding hydrogens is 186 g/mol. The SMILES string of the molecule is Nc1nc(O)cn1C(=O)n1ccnc1. The van der Waals surface area contributed by atoms with Crippen molar-refractivity contribution in [3.63, 3.8) is 0 Å². The lowest BCUT2D eigenvalue weighted by Crippen LogP contribution is -2.18. The summed E-state index contributed by atoms with van der Waals surface area (Å²) < 4.78 is 2.24. The minimum absolute atomic E-state index is 0.0683. The van der Waals surface area contributed by atoms with Crippen LogP contribution in [0.15, 0.2) is 24.9 Å². The number of hydrogen-bond donors (Lipinski definition) is 2. The summed E-state index contributed by atoms with van der Waals surface area (Å²) in [4.78, 5) is 18.8. The summed E-state index contributed by atoms with van der Waals surface area (Å²) in [6, 6.07) is -0.451. The lowest BCUT2D eigenvalue weighted by atomic mass is 10.7. The zero-order valence-electron chi connectivity index (χ0n) is 7.03. The van der Waals surface area contributed by atoms with Gasteiger partial charge in [-0.3, -0.25) is 4.57 Å². The van der Waals surface area contributed by atoms with Gasteiger partial charge in [-0.25, -0.2) is 14.3 Å². The van der Waals surface area contributed by atoms with E-state index in [0.29, 0.717) is 0 Å². The van der Waals surface area contributed by atoms with Gasteiger partial charge in [-0.15, -0.1) is 0 Å². The van der Waals surface area contributed by atoms with Gasteiger partial charge < -0.3 is 10.8 Å². The van der Waals surface area contributed by atoms with Gasteiger partial charge >= 0.3 is 6.03 Å². The third-order valence-corrected chi connectivity index (χ3v) is 1.65. The van der Waals surface area contributed by atoms with Gasteiger partial charge in [-0.05, 0) is 0 Å². The number of aromatic hydroxyl groups is 1. The highest BCUT2D eigenvalue weighted by atomic mass is 16.3. The summed E-state index contributed by atoms with van der Waals surface area (Å²) in [6.45, 7) is 0. The molecule has 3 N–H and O–H groups in total. The van der Waals surface area contributed by atoms with Crippen molar-refractivity contribution in [2.45, 2.75) is 0 Å². The molecule has 2 rings (SSSR count). The number of rotatable bonds is 0. The summed E-state index contributed by atoms with van der Waals surface area (Å²) in [6.07, 6.45) is 5.40. The minimum Gasteiger partial charge on any atom is -0.492 e. The van der Waals surface area contributed by atoms with Crippen molar-refractivity contribution in [2.75, 3.05) is 5.73 Å². The number of nitrogens with zero attached hydrogens (tertiary/aromatic N) is 4. The third kappa shape index (κ3) is 1.20. The Bertz CT molecular complexity index is 458. The predicted molar refractivity (Wildman–Crippen MR) is 46.7 cm³/mol. The first-order valence-electron chi connectivity index (χ1n) is 3.75. The van der Waals surface area contributed by atoms with E-state index in [2.05, 4.69) is 9.97 Å². The second-order valence-electron chi connectivity index (χ2n) is 2.58. The normalized spacial score (nSPS) is 10.3. The van der Waals surface area contributed by atoms with Crippen molar-refractivity contribution in [1.82, 2.24) is 19.1 Å². The number of anilines is 1. The monoisotopic (exact) mass is 193 g/mol. The van der Waals surface area contributed by atoms with E-state index in [9.17, 15) is 4.79 Å². The first-order valence-corrected chi connectivity index (χ1v) is 3.75. The molecule has 0 amide bonds. The zero-order chi connectivity index (χ0) is 10.1. The van der Waals surface area contributed by atoms with E-state index in [1.807, 2.05) is 0 Å². The second-order valence-corrected chi connectivity index (χ2v) is 2.58. The van der Waals surface area contributed by atoms with Crippen LogP contribution in [0.4, 0.5) is 10.7 Å². The van der Waals surface area contributed by atoms with Crippen LogP contribution >= 0.6 is 0 Å². The van der Waals surface area contributed by atoms with Gasteiger partial charge in [0, 0.05) is 12.4 Å². The molecule has 0 radical (unpaired) electrons. The average molecular weight is 193 g/mol. The summed E-state index contributed by atoms with van der Waals surface area (Å²) in [7, 11) is 0. The molecule has 0 spiro atoms. The van der Waals surface area contributed by atoms with Crippen LogP contribution in [0, 0.1) is 0 Å². The number of carbonyl (C=O) groups is 1. The molecule has 0 saturated carbocycles. The molecule has 0 aliphatic carbocycles. The number of nitrogen functional groups attached to an aromatic ring is 1. The van der Waals surface area contributed by atoms with Crippen LogP contribution in [0.2, 0.25) is 0 Å². The fourth-order valence-electron chi connectivity index (χ4n) is 1.03. The molecule has 0 aliphatic rings. The molecule has 0 aromatic carbocycles. The van der Waals surface area contributed by atoms with Crippen LogP contribution in [0.3, 0.4) is 0 Å². The maximum Gasteiger partial charge on any atom is 0.340 e. The highest BCUT2D eigenvalue weighted by Gasteiger charge is 2.12. The quantitative estimate of drug-likeness (QED) is 0.607. The Kier molecular flexibility index (Phi) is 1.70. The van der Waals surface area contributed by atoms with Crippen molar-refractivity contribution in [2.24, 2.45) is 0 Å². The molecule has 14 heavy (non-hydrogen) atoms. The Balaban J connectivity index is 2.41. The molecule has 0 saturated heterocycles. The Hall–Kier alpha value is -2.31. The smallest absolute Gasteiger partial charge is 0.340 e. The fourth-order valence-corrected chi connectivity index (χ4v) is 1.03. The molecule has 7 heteroatoms. The lowest BCUT2D eigenvalue weighted by Gasteiger charge is -2.01. The number of carbonyl (C=O) groups excluding carboxylic acids is 1. The van der Waals surface area contributed by atoms with Crippen LogP contribution < -0.4 is 5.73 Å². The lowest BCUT2D eigenvalue weighted by molar-refractivity contribution is 0.244. The van der Waals surface area contributed by atoms with Crippen LogP contribution in [0.5, 0.6) is 5.88 Å². The fraction of sp³-hybridized carbons (Fsp3) is 0. The van der Waals surface area contributed by atoms with Crippen molar-refractivity contribution in [1.29, 1.82) is 0 Å². The maximum absolute atomic E-state index is 11.6. The molecule has 2 aromatic heterocycles. The minimum atomic E-state index is -0.451. The van der Waals surface area contributed by atoms with E-state index in [4.69, 9.17) is 10.8 Å². The first-order chi connectivity index (χ1) is 6.68. The molecule has 0 aliphatic heterocycles. The van der Waals surface area contributed by atoms with Gasteiger partial charge in [0.2, 0.25) is 11.8 Å². The molecule has 0 fully saturated rings. The summed E-state index contributed by atoms with van der Waals surface area (Å²) in [5.74, 6) is -0.364. The van der Waals surface area contributed by atoms with Crippen molar-refractivity contribution >= 4 is 12.0 Å². The van der Waals surface area contributed by atoms with E-state index in [0.717, 1.165) is 10.8 Å². The highest BCUT2D eigenvalue weighted by molar-refractivity contribution is 5.81. The van der Waals surface area contributed by atoms with Crippen LogP contribution in [0.25, 0.3) is 0 Å². The number of imidazole rings is 2. The van der Waals surface area contributed by atoms with Gasteiger partial charge in [0.05, 0.1) is 6.20 Å². The molecule has 7 nitrogen and oxygen atoms in total. The summed E-state index contributed by atoms with van der Waals surface area (Å²) in [5.41, 5.74) is 5.39. The van der Waals surface area contributed by atoms with Gasteiger partial charge in [-0.2, -0.15) is 4.98 Å². The van der Waals surface area contributed by atoms with Crippen molar-refractivity contribution < 1.29 is 9.90 Å². The Morgan fingerprint density at radius 1 is 1.57 bits per heavy atom. The Morgan fingerprint density at radius 3 is 2.86 bits per heavy atom.